The molecule has 0 aliphatic heterocycles. The Kier molecular flexibility index (Phi) is 1.80. The topological polar surface area (TPSA) is 17.1 Å². The second kappa shape index (κ2) is 2.80. The fraction of sp³-hybridized carbons (Fsp3) is 0.700. The summed E-state index contributed by atoms with van der Waals surface area (Å²) in [5.74, 6) is 1.74. The lowest BCUT2D eigenvalue weighted by Gasteiger charge is -2.10. The minimum atomic E-state index is 0.731. The van der Waals surface area contributed by atoms with Crippen LogP contribution in [0.25, 0.3) is 0 Å². The highest BCUT2D eigenvalue weighted by Crippen LogP contribution is 2.44. The van der Waals surface area contributed by atoms with Gasteiger partial charge in [-0.15, -0.1) is 0 Å². The van der Waals surface area contributed by atoms with Crippen molar-refractivity contribution in [3.63, 3.8) is 0 Å². The highest BCUT2D eigenvalue weighted by atomic mass is 16.1. The first kappa shape index (κ1) is 7.08. The summed E-state index contributed by atoms with van der Waals surface area (Å²) in [6.45, 7) is 0. The summed E-state index contributed by atoms with van der Waals surface area (Å²) < 4.78 is 0. The van der Waals surface area contributed by atoms with Gasteiger partial charge >= 0.3 is 0 Å². The van der Waals surface area contributed by atoms with E-state index in [-0.39, 0.29) is 0 Å². The van der Waals surface area contributed by atoms with Gasteiger partial charge in [0.05, 0.1) is 0 Å². The molecule has 0 radical (unpaired) electrons. The van der Waals surface area contributed by atoms with E-state index in [4.69, 9.17) is 0 Å². The lowest BCUT2D eigenvalue weighted by atomic mass is 9.95. The summed E-state index contributed by atoms with van der Waals surface area (Å²) in [4.78, 5) is 10.1. The summed E-state index contributed by atoms with van der Waals surface area (Å²) in [6.07, 6.45) is 9.38. The van der Waals surface area contributed by atoms with Crippen LogP contribution in [0, 0.1) is 11.8 Å². The van der Waals surface area contributed by atoms with Crippen LogP contribution in [0.5, 0.6) is 0 Å². The highest BCUT2D eigenvalue weighted by molar-refractivity contribution is 5.50. The fourth-order valence-corrected chi connectivity index (χ4v) is 2.46. The average Bonchev–Trinajstić information content (AvgIpc) is 2.60. The molecule has 1 saturated carbocycles. The van der Waals surface area contributed by atoms with Crippen LogP contribution in [-0.4, -0.2) is 6.29 Å². The molecule has 2 aliphatic rings. The number of hydrogen-bond acceptors (Lipinski definition) is 1. The minimum Gasteiger partial charge on any atom is -0.303 e. The third kappa shape index (κ3) is 1.24. The van der Waals surface area contributed by atoms with Gasteiger partial charge in [-0.3, -0.25) is 0 Å². The Balaban J connectivity index is 1.94. The Morgan fingerprint density at radius 3 is 3.00 bits per heavy atom. The van der Waals surface area contributed by atoms with Crippen molar-refractivity contribution in [2.24, 2.45) is 11.8 Å². The molecule has 11 heavy (non-hydrogen) atoms. The van der Waals surface area contributed by atoms with Crippen molar-refractivity contribution in [3.05, 3.63) is 11.6 Å². The van der Waals surface area contributed by atoms with Gasteiger partial charge in [-0.05, 0) is 37.5 Å². The Labute approximate surface area is 67.5 Å². The molecule has 2 bridgehead atoms. The maximum absolute atomic E-state index is 10.1. The molecule has 0 N–H and O–H groups in total. The van der Waals surface area contributed by atoms with Crippen molar-refractivity contribution in [1.29, 1.82) is 0 Å². The summed E-state index contributed by atoms with van der Waals surface area (Å²) >= 11 is 0. The van der Waals surface area contributed by atoms with Crippen LogP contribution in [0.1, 0.15) is 32.1 Å². The third-order valence-corrected chi connectivity index (χ3v) is 3.00. The van der Waals surface area contributed by atoms with Crippen LogP contribution in [0.2, 0.25) is 0 Å². The molecule has 0 saturated heterocycles. The van der Waals surface area contributed by atoms with Gasteiger partial charge in [0, 0.05) is 6.42 Å². The fourth-order valence-electron chi connectivity index (χ4n) is 2.46. The van der Waals surface area contributed by atoms with Gasteiger partial charge in [0.2, 0.25) is 0 Å². The number of hydrogen-bond donors (Lipinski definition) is 0. The molecular weight excluding hydrogens is 136 g/mol. The second-order valence-corrected chi connectivity index (χ2v) is 3.72. The number of allylic oxidation sites excluding steroid dienone is 2. The molecule has 0 amide bonds. The first-order chi connectivity index (χ1) is 5.40. The quantitative estimate of drug-likeness (QED) is 0.445. The minimum absolute atomic E-state index is 0.731. The Morgan fingerprint density at radius 1 is 1.55 bits per heavy atom. The van der Waals surface area contributed by atoms with Crippen LogP contribution in [0.15, 0.2) is 11.6 Å². The van der Waals surface area contributed by atoms with E-state index >= 15 is 0 Å². The van der Waals surface area contributed by atoms with E-state index in [1.54, 1.807) is 5.57 Å². The van der Waals surface area contributed by atoms with Crippen molar-refractivity contribution in [2.45, 2.75) is 32.1 Å². The lowest BCUT2D eigenvalue weighted by Crippen LogP contribution is -1.97. The van der Waals surface area contributed by atoms with E-state index in [0.29, 0.717) is 0 Å². The number of fused-ring (bicyclic) bond motifs is 2. The van der Waals surface area contributed by atoms with Gasteiger partial charge in [-0.2, -0.15) is 0 Å². The van der Waals surface area contributed by atoms with E-state index in [1.807, 2.05) is 0 Å². The molecular formula is C10H14O. The zero-order chi connectivity index (χ0) is 7.68. The SMILES string of the molecule is O=CCCC1=CC2CCC1C2. The predicted molar refractivity (Wildman–Crippen MR) is 44.2 cm³/mol. The molecule has 2 rings (SSSR count). The summed E-state index contributed by atoms with van der Waals surface area (Å²) in [5.41, 5.74) is 1.58. The van der Waals surface area contributed by atoms with Crippen LogP contribution in [-0.2, 0) is 4.79 Å². The van der Waals surface area contributed by atoms with Crippen LogP contribution in [0.4, 0.5) is 0 Å². The van der Waals surface area contributed by atoms with Gasteiger partial charge in [-0.1, -0.05) is 11.6 Å². The van der Waals surface area contributed by atoms with E-state index in [9.17, 15) is 4.79 Å². The van der Waals surface area contributed by atoms with E-state index in [0.717, 1.165) is 31.0 Å². The smallest absolute Gasteiger partial charge is 0.120 e. The van der Waals surface area contributed by atoms with E-state index in [1.165, 1.54) is 19.3 Å². The van der Waals surface area contributed by atoms with Gasteiger partial charge in [0.25, 0.3) is 0 Å². The number of aldehydes is 1. The van der Waals surface area contributed by atoms with Crippen molar-refractivity contribution >= 4 is 6.29 Å². The monoisotopic (exact) mass is 150 g/mol. The first-order valence-electron chi connectivity index (χ1n) is 4.54. The van der Waals surface area contributed by atoms with Crippen molar-refractivity contribution in [3.8, 4) is 0 Å². The molecule has 1 nitrogen and oxygen atoms in total. The molecule has 1 heteroatoms. The van der Waals surface area contributed by atoms with Crippen molar-refractivity contribution in [1.82, 2.24) is 0 Å². The predicted octanol–water partition coefficient (Wildman–Crippen LogP) is 2.32. The first-order valence-corrected chi connectivity index (χ1v) is 4.54. The lowest BCUT2D eigenvalue weighted by molar-refractivity contribution is -0.107. The molecule has 0 aromatic rings. The van der Waals surface area contributed by atoms with E-state index < -0.39 is 0 Å². The molecule has 2 atom stereocenters. The number of carbonyl (C=O) groups is 1. The Morgan fingerprint density at radius 2 is 2.45 bits per heavy atom. The van der Waals surface area contributed by atoms with Crippen molar-refractivity contribution in [2.75, 3.05) is 0 Å². The standard InChI is InChI=1S/C10H14O/c11-5-1-2-9-6-8-3-4-10(9)7-8/h5-6,8,10H,1-4,7H2. The molecule has 0 heterocycles. The molecule has 2 unspecified atom stereocenters. The molecule has 0 aromatic heterocycles. The Hall–Kier alpha value is -0.590. The second-order valence-electron chi connectivity index (χ2n) is 3.72. The number of carbonyl (C=O) groups excluding carboxylic acids is 1. The zero-order valence-corrected chi connectivity index (χ0v) is 6.75. The van der Waals surface area contributed by atoms with Gasteiger partial charge in [-0.25, -0.2) is 0 Å². The van der Waals surface area contributed by atoms with Gasteiger partial charge < -0.3 is 4.79 Å². The van der Waals surface area contributed by atoms with Crippen LogP contribution in [0.3, 0.4) is 0 Å². The van der Waals surface area contributed by atoms with Gasteiger partial charge in [0.1, 0.15) is 6.29 Å². The molecule has 2 aliphatic carbocycles. The third-order valence-electron chi connectivity index (χ3n) is 3.00. The normalized spacial score (nSPS) is 34.0. The molecule has 60 valence electrons. The van der Waals surface area contributed by atoms with E-state index in [2.05, 4.69) is 6.08 Å². The van der Waals surface area contributed by atoms with Crippen LogP contribution >= 0.6 is 0 Å². The maximum Gasteiger partial charge on any atom is 0.120 e. The average molecular weight is 150 g/mol. The largest absolute Gasteiger partial charge is 0.303 e. The number of rotatable bonds is 3. The zero-order valence-electron chi connectivity index (χ0n) is 6.75. The van der Waals surface area contributed by atoms with Crippen LogP contribution < -0.4 is 0 Å². The van der Waals surface area contributed by atoms with Crippen molar-refractivity contribution < 1.29 is 4.79 Å². The molecule has 0 spiro atoms. The molecule has 1 fully saturated rings. The Bertz CT molecular complexity index is 193. The summed E-state index contributed by atoms with van der Waals surface area (Å²) in [6, 6.07) is 0. The van der Waals surface area contributed by atoms with Gasteiger partial charge in [0.15, 0.2) is 0 Å². The summed E-state index contributed by atoms with van der Waals surface area (Å²) in [7, 11) is 0. The summed E-state index contributed by atoms with van der Waals surface area (Å²) in [5, 5.41) is 0. The maximum atomic E-state index is 10.1. The highest BCUT2D eigenvalue weighted by Gasteiger charge is 2.31. The molecule has 0 aromatic carbocycles.